The first-order valence-corrected chi connectivity index (χ1v) is 8.41. The number of carbonyl (C=O) groups is 1. The van der Waals surface area contributed by atoms with Gasteiger partial charge in [-0.25, -0.2) is 0 Å². The molecule has 0 aliphatic carbocycles. The lowest BCUT2D eigenvalue weighted by Gasteiger charge is -2.26. The van der Waals surface area contributed by atoms with Gasteiger partial charge in [-0.3, -0.25) is 4.79 Å². The maximum atomic E-state index is 12.5. The zero-order chi connectivity index (χ0) is 16.5. The molecular formula is C20H20O4. The Bertz CT molecular complexity index is 781. The van der Waals surface area contributed by atoms with Gasteiger partial charge in [0.1, 0.15) is 11.9 Å². The van der Waals surface area contributed by atoms with E-state index in [-0.39, 0.29) is 11.9 Å². The van der Waals surface area contributed by atoms with Crippen LogP contribution in [-0.2, 0) is 0 Å². The van der Waals surface area contributed by atoms with Crippen LogP contribution in [0.25, 0.3) is 0 Å². The molecule has 0 N–H and O–H groups in total. The van der Waals surface area contributed by atoms with Crippen molar-refractivity contribution in [1.29, 1.82) is 0 Å². The monoisotopic (exact) mass is 324 g/mol. The number of Topliss-reactive ketones (excluding diaryl/α,β-unsaturated/α-hetero) is 1. The predicted molar refractivity (Wildman–Crippen MR) is 90.2 cm³/mol. The largest absolute Gasteiger partial charge is 0.490 e. The van der Waals surface area contributed by atoms with Gasteiger partial charge in [-0.05, 0) is 49.6 Å². The Morgan fingerprint density at radius 2 is 1.67 bits per heavy atom. The summed E-state index contributed by atoms with van der Waals surface area (Å²) in [5.74, 6) is 2.27. The molecule has 1 unspecified atom stereocenters. The predicted octanol–water partition coefficient (Wildman–Crippen LogP) is 4.25. The van der Waals surface area contributed by atoms with E-state index < -0.39 is 0 Å². The van der Waals surface area contributed by atoms with Crippen molar-refractivity contribution in [1.82, 2.24) is 0 Å². The molecule has 24 heavy (non-hydrogen) atoms. The fraction of sp³-hybridized carbons (Fsp3) is 0.350. The van der Waals surface area contributed by atoms with E-state index in [2.05, 4.69) is 0 Å². The summed E-state index contributed by atoms with van der Waals surface area (Å²) in [5.41, 5.74) is 2.69. The standard InChI is InChI=1S/C20H20O4/c1-13-4-6-17-15(10-13)16(21)12-19(24-17)14-5-7-18-20(11-14)23-9-3-2-8-22-18/h4-7,10-11,19H,2-3,8-9,12H2,1H3. The molecule has 0 saturated heterocycles. The first-order valence-electron chi connectivity index (χ1n) is 8.41. The van der Waals surface area contributed by atoms with Gasteiger partial charge in [0.25, 0.3) is 0 Å². The molecule has 2 heterocycles. The highest BCUT2D eigenvalue weighted by Gasteiger charge is 2.28. The van der Waals surface area contributed by atoms with Gasteiger partial charge >= 0.3 is 0 Å². The number of ether oxygens (including phenoxy) is 3. The molecule has 4 nitrogen and oxygen atoms in total. The third-order valence-electron chi connectivity index (χ3n) is 4.47. The maximum absolute atomic E-state index is 12.5. The highest BCUT2D eigenvalue weighted by Crippen LogP contribution is 2.38. The third-order valence-corrected chi connectivity index (χ3v) is 4.47. The van der Waals surface area contributed by atoms with Gasteiger partial charge in [0.2, 0.25) is 0 Å². The van der Waals surface area contributed by atoms with Crippen molar-refractivity contribution < 1.29 is 19.0 Å². The summed E-state index contributed by atoms with van der Waals surface area (Å²) >= 11 is 0. The Morgan fingerprint density at radius 1 is 0.917 bits per heavy atom. The summed E-state index contributed by atoms with van der Waals surface area (Å²) in [5, 5.41) is 0. The van der Waals surface area contributed by atoms with Crippen LogP contribution in [0.5, 0.6) is 17.2 Å². The Kier molecular flexibility index (Phi) is 3.89. The molecule has 2 aromatic rings. The van der Waals surface area contributed by atoms with Gasteiger partial charge in [0, 0.05) is 0 Å². The maximum Gasteiger partial charge on any atom is 0.170 e. The smallest absolute Gasteiger partial charge is 0.170 e. The lowest BCUT2D eigenvalue weighted by Crippen LogP contribution is -2.20. The highest BCUT2D eigenvalue weighted by atomic mass is 16.5. The normalized spacial score (nSPS) is 19.7. The molecule has 2 aromatic carbocycles. The first kappa shape index (κ1) is 15.1. The second kappa shape index (κ2) is 6.19. The summed E-state index contributed by atoms with van der Waals surface area (Å²) in [4.78, 5) is 12.5. The van der Waals surface area contributed by atoms with Crippen molar-refractivity contribution in [3.8, 4) is 17.2 Å². The average Bonchev–Trinajstić information content (AvgIpc) is 2.56. The number of hydrogen-bond acceptors (Lipinski definition) is 4. The van der Waals surface area contributed by atoms with Gasteiger partial charge in [0.15, 0.2) is 17.3 Å². The van der Waals surface area contributed by atoms with Crippen molar-refractivity contribution in [2.45, 2.75) is 32.3 Å². The molecular weight excluding hydrogens is 304 g/mol. The number of ketones is 1. The number of carbonyl (C=O) groups excluding carboxylic acids is 1. The second-order valence-corrected chi connectivity index (χ2v) is 6.34. The number of benzene rings is 2. The molecule has 0 fully saturated rings. The lowest BCUT2D eigenvalue weighted by molar-refractivity contribution is 0.0849. The molecule has 0 saturated carbocycles. The number of aryl methyl sites for hydroxylation is 1. The molecule has 0 aromatic heterocycles. The SMILES string of the molecule is Cc1ccc2c(c1)C(=O)CC(c1ccc3c(c1)OCCCCO3)O2. The highest BCUT2D eigenvalue weighted by molar-refractivity contribution is 6.00. The quantitative estimate of drug-likeness (QED) is 0.786. The van der Waals surface area contributed by atoms with Crippen LogP contribution in [0.1, 0.15) is 46.9 Å². The average molecular weight is 324 g/mol. The number of rotatable bonds is 1. The van der Waals surface area contributed by atoms with E-state index in [0.29, 0.717) is 30.9 Å². The minimum absolute atomic E-state index is 0.119. The molecule has 4 rings (SSSR count). The van der Waals surface area contributed by atoms with Crippen LogP contribution >= 0.6 is 0 Å². The van der Waals surface area contributed by atoms with Crippen LogP contribution < -0.4 is 14.2 Å². The van der Waals surface area contributed by atoms with Gasteiger partial charge in [-0.2, -0.15) is 0 Å². The number of hydrogen-bond donors (Lipinski definition) is 0. The summed E-state index contributed by atoms with van der Waals surface area (Å²) in [6.45, 7) is 3.37. The van der Waals surface area contributed by atoms with E-state index in [1.807, 2.05) is 43.3 Å². The van der Waals surface area contributed by atoms with Crippen molar-refractivity contribution in [3.05, 3.63) is 53.1 Å². The molecule has 0 spiro atoms. The molecule has 2 aliphatic rings. The van der Waals surface area contributed by atoms with Gasteiger partial charge in [0.05, 0.1) is 25.2 Å². The summed E-state index contributed by atoms with van der Waals surface area (Å²) in [6, 6.07) is 11.5. The summed E-state index contributed by atoms with van der Waals surface area (Å²) in [7, 11) is 0. The second-order valence-electron chi connectivity index (χ2n) is 6.34. The van der Waals surface area contributed by atoms with Crippen LogP contribution in [0.2, 0.25) is 0 Å². The third kappa shape index (κ3) is 2.84. The van der Waals surface area contributed by atoms with Crippen LogP contribution in [0, 0.1) is 6.92 Å². The molecule has 124 valence electrons. The summed E-state index contributed by atoms with van der Waals surface area (Å²) in [6.07, 6.45) is 2.04. The molecule has 1 atom stereocenters. The Balaban J connectivity index is 1.63. The minimum Gasteiger partial charge on any atom is -0.490 e. The van der Waals surface area contributed by atoms with E-state index in [0.717, 1.165) is 35.5 Å². The van der Waals surface area contributed by atoms with E-state index in [4.69, 9.17) is 14.2 Å². The summed E-state index contributed by atoms with van der Waals surface area (Å²) < 4.78 is 17.6. The zero-order valence-electron chi connectivity index (χ0n) is 13.7. The zero-order valence-corrected chi connectivity index (χ0v) is 13.7. The molecule has 2 aliphatic heterocycles. The van der Waals surface area contributed by atoms with Crippen molar-refractivity contribution in [2.75, 3.05) is 13.2 Å². The Morgan fingerprint density at radius 3 is 2.50 bits per heavy atom. The Labute approximate surface area is 141 Å². The van der Waals surface area contributed by atoms with E-state index >= 15 is 0 Å². The van der Waals surface area contributed by atoms with E-state index in [1.54, 1.807) is 0 Å². The van der Waals surface area contributed by atoms with Crippen molar-refractivity contribution in [2.24, 2.45) is 0 Å². The van der Waals surface area contributed by atoms with Gasteiger partial charge < -0.3 is 14.2 Å². The lowest BCUT2D eigenvalue weighted by atomic mass is 9.95. The topological polar surface area (TPSA) is 44.8 Å². The van der Waals surface area contributed by atoms with E-state index in [1.165, 1.54) is 0 Å². The molecule has 0 radical (unpaired) electrons. The van der Waals surface area contributed by atoms with Crippen LogP contribution in [0.4, 0.5) is 0 Å². The minimum atomic E-state index is -0.285. The fourth-order valence-electron chi connectivity index (χ4n) is 3.15. The van der Waals surface area contributed by atoms with Crippen molar-refractivity contribution >= 4 is 5.78 Å². The number of fused-ring (bicyclic) bond motifs is 2. The van der Waals surface area contributed by atoms with Crippen molar-refractivity contribution in [3.63, 3.8) is 0 Å². The Hall–Kier alpha value is -2.49. The first-order chi connectivity index (χ1) is 11.7. The molecule has 4 heteroatoms. The molecule has 0 amide bonds. The van der Waals surface area contributed by atoms with Crippen LogP contribution in [0.3, 0.4) is 0 Å². The van der Waals surface area contributed by atoms with Gasteiger partial charge in [-0.15, -0.1) is 0 Å². The van der Waals surface area contributed by atoms with Crippen LogP contribution in [0.15, 0.2) is 36.4 Å². The van der Waals surface area contributed by atoms with E-state index in [9.17, 15) is 4.79 Å². The molecule has 0 bridgehead atoms. The van der Waals surface area contributed by atoms with Gasteiger partial charge in [-0.1, -0.05) is 17.7 Å². The van der Waals surface area contributed by atoms with Crippen LogP contribution in [-0.4, -0.2) is 19.0 Å². The fourth-order valence-corrected chi connectivity index (χ4v) is 3.15.